The topological polar surface area (TPSA) is 92.4 Å². The fourth-order valence-corrected chi connectivity index (χ4v) is 3.29. The van der Waals surface area contributed by atoms with Gasteiger partial charge in [0.2, 0.25) is 11.1 Å². The molecular weight excluding hydrogens is 272 g/mol. The average molecular weight is 285 g/mol. The van der Waals surface area contributed by atoms with Crippen molar-refractivity contribution in [3.05, 3.63) is 21.6 Å². The Hall–Kier alpha value is -1.47. The molecule has 0 amide bonds. The number of aliphatic hydroxyl groups excluding tert-OH is 1. The molecule has 2 aliphatic rings. The molecule has 2 atom stereocenters. The number of anilines is 1. The van der Waals surface area contributed by atoms with Crippen molar-refractivity contribution in [3.63, 3.8) is 0 Å². The van der Waals surface area contributed by atoms with Crippen LogP contribution in [0.1, 0.15) is 25.7 Å². The molecule has 0 saturated carbocycles. The number of nitro groups is 1. The monoisotopic (exact) mass is 284 g/mol. The molecule has 3 rings (SSSR count). The third kappa shape index (κ3) is 2.12. The summed E-state index contributed by atoms with van der Waals surface area (Å²) in [6, 6.07) is 0.192. The lowest BCUT2D eigenvalue weighted by Gasteiger charge is -2.37. The molecule has 0 aliphatic carbocycles. The van der Waals surface area contributed by atoms with Crippen LogP contribution < -0.4 is 4.90 Å². The van der Waals surface area contributed by atoms with E-state index in [1.54, 1.807) is 0 Å². The number of nitrogens with zero attached hydrogens (tertiary/aromatic N) is 4. The van der Waals surface area contributed by atoms with Crippen LogP contribution in [0, 0.1) is 10.1 Å². The van der Waals surface area contributed by atoms with Crippen LogP contribution >= 0.6 is 11.6 Å². The van der Waals surface area contributed by atoms with Crippen molar-refractivity contribution in [1.82, 2.24) is 9.97 Å². The van der Waals surface area contributed by atoms with Crippen molar-refractivity contribution in [3.8, 4) is 0 Å². The largest absolute Gasteiger partial charge is 0.393 e. The van der Waals surface area contributed by atoms with Crippen LogP contribution in [0.3, 0.4) is 0 Å². The van der Waals surface area contributed by atoms with Crippen LogP contribution in [0.4, 0.5) is 11.5 Å². The number of aliphatic hydroxyl groups is 1. The van der Waals surface area contributed by atoms with E-state index in [9.17, 15) is 15.2 Å². The molecule has 2 bridgehead atoms. The minimum atomic E-state index is -0.490. The van der Waals surface area contributed by atoms with Crippen molar-refractivity contribution in [1.29, 1.82) is 0 Å². The fraction of sp³-hybridized carbons (Fsp3) is 0.636. The Morgan fingerprint density at radius 1 is 1.42 bits per heavy atom. The number of rotatable bonds is 2. The van der Waals surface area contributed by atoms with E-state index in [0.717, 1.165) is 19.0 Å². The van der Waals surface area contributed by atoms with Crippen molar-refractivity contribution < 1.29 is 10.0 Å². The first kappa shape index (κ1) is 12.6. The normalized spacial score (nSPS) is 29.6. The van der Waals surface area contributed by atoms with Crippen LogP contribution in [0.15, 0.2) is 6.20 Å². The van der Waals surface area contributed by atoms with Gasteiger partial charge in [-0.15, -0.1) is 0 Å². The van der Waals surface area contributed by atoms with Crippen molar-refractivity contribution >= 4 is 23.1 Å². The summed E-state index contributed by atoms with van der Waals surface area (Å²) < 4.78 is 0. The minimum Gasteiger partial charge on any atom is -0.393 e. The minimum absolute atomic E-state index is 0.00567. The molecule has 1 N–H and O–H groups in total. The predicted octanol–water partition coefficient (Wildman–Crippen LogP) is 1.53. The molecule has 0 aromatic carbocycles. The maximum absolute atomic E-state index is 11.1. The standard InChI is InChI=1S/C11H13ClN4O3/c12-11-13-5-9(16(18)19)10(14-11)15-6-1-2-7(15)4-8(17)3-6/h5-8,17H,1-4H2. The molecule has 3 heterocycles. The predicted molar refractivity (Wildman–Crippen MR) is 68.2 cm³/mol. The van der Waals surface area contributed by atoms with Crippen molar-refractivity contribution in [2.75, 3.05) is 4.90 Å². The lowest BCUT2D eigenvalue weighted by molar-refractivity contribution is -0.384. The van der Waals surface area contributed by atoms with Gasteiger partial charge in [-0.25, -0.2) is 4.98 Å². The highest BCUT2D eigenvalue weighted by atomic mass is 35.5. The Morgan fingerprint density at radius 3 is 2.63 bits per heavy atom. The highest BCUT2D eigenvalue weighted by Crippen LogP contribution is 2.41. The average Bonchev–Trinajstić information content (AvgIpc) is 2.61. The first-order valence-electron chi connectivity index (χ1n) is 6.19. The molecule has 2 unspecified atom stereocenters. The lowest BCUT2D eigenvalue weighted by atomic mass is 10.00. The van der Waals surface area contributed by atoms with Gasteiger partial charge in [0.1, 0.15) is 6.20 Å². The van der Waals surface area contributed by atoms with E-state index < -0.39 is 4.92 Å². The van der Waals surface area contributed by atoms with Crippen LogP contribution in [-0.2, 0) is 0 Å². The highest BCUT2D eigenvalue weighted by Gasteiger charge is 2.43. The summed E-state index contributed by atoms with van der Waals surface area (Å²) in [6.07, 6.45) is 3.89. The van der Waals surface area contributed by atoms with Gasteiger partial charge in [0.05, 0.1) is 11.0 Å². The fourth-order valence-electron chi connectivity index (χ4n) is 3.16. The molecule has 1 aromatic heterocycles. The summed E-state index contributed by atoms with van der Waals surface area (Å²) in [4.78, 5) is 20.3. The second-order valence-electron chi connectivity index (χ2n) is 5.02. The summed E-state index contributed by atoms with van der Waals surface area (Å²) in [5.41, 5.74) is -0.127. The molecule has 2 fully saturated rings. The third-order valence-electron chi connectivity index (χ3n) is 3.87. The van der Waals surface area contributed by atoms with E-state index in [0.29, 0.717) is 12.8 Å². The number of aromatic nitrogens is 2. The van der Waals surface area contributed by atoms with Crippen LogP contribution in [0.25, 0.3) is 0 Å². The van der Waals surface area contributed by atoms with E-state index in [2.05, 4.69) is 9.97 Å². The van der Waals surface area contributed by atoms with Gasteiger partial charge in [-0.2, -0.15) is 4.98 Å². The van der Waals surface area contributed by atoms with E-state index >= 15 is 0 Å². The Kier molecular flexibility index (Phi) is 3.02. The molecule has 7 nitrogen and oxygen atoms in total. The van der Waals surface area contributed by atoms with Gasteiger partial charge in [-0.05, 0) is 37.3 Å². The molecule has 2 aliphatic heterocycles. The van der Waals surface area contributed by atoms with Gasteiger partial charge >= 0.3 is 5.69 Å². The molecule has 8 heteroatoms. The quantitative estimate of drug-likeness (QED) is 0.503. The second kappa shape index (κ2) is 4.57. The molecule has 0 radical (unpaired) electrons. The Morgan fingerprint density at radius 2 is 2.05 bits per heavy atom. The van der Waals surface area contributed by atoms with Gasteiger partial charge in [-0.1, -0.05) is 0 Å². The molecule has 2 saturated heterocycles. The number of hydrogen-bond acceptors (Lipinski definition) is 6. The maximum Gasteiger partial charge on any atom is 0.329 e. The lowest BCUT2D eigenvalue weighted by Crippen LogP contribution is -2.45. The van der Waals surface area contributed by atoms with Gasteiger partial charge in [0, 0.05) is 12.1 Å². The van der Waals surface area contributed by atoms with E-state index in [-0.39, 0.29) is 35.0 Å². The Bertz CT molecular complexity index is 513. The first-order chi connectivity index (χ1) is 9.06. The SMILES string of the molecule is O=[N+]([O-])c1cnc(Cl)nc1N1C2CCC1CC(O)C2. The van der Waals surface area contributed by atoms with E-state index in [1.807, 2.05) is 4.90 Å². The Balaban J connectivity index is 2.03. The number of fused-ring (bicyclic) bond motifs is 2. The molecule has 0 spiro atoms. The number of hydrogen-bond donors (Lipinski definition) is 1. The zero-order chi connectivity index (χ0) is 13.6. The number of halogens is 1. The molecular formula is C11H13ClN4O3. The molecule has 102 valence electrons. The van der Waals surface area contributed by atoms with Gasteiger partial charge < -0.3 is 10.0 Å². The summed E-state index contributed by atoms with van der Waals surface area (Å²) in [5, 5.41) is 20.9. The van der Waals surface area contributed by atoms with Crippen molar-refractivity contribution in [2.45, 2.75) is 43.9 Å². The van der Waals surface area contributed by atoms with Gasteiger partial charge in [0.15, 0.2) is 0 Å². The molecule has 1 aromatic rings. The summed E-state index contributed by atoms with van der Waals surface area (Å²) in [5.74, 6) is 0.282. The first-order valence-corrected chi connectivity index (χ1v) is 6.57. The van der Waals surface area contributed by atoms with E-state index in [1.165, 1.54) is 0 Å². The van der Waals surface area contributed by atoms with Crippen LogP contribution in [0.2, 0.25) is 5.28 Å². The maximum atomic E-state index is 11.1. The summed E-state index contributed by atoms with van der Waals surface area (Å²) in [6.45, 7) is 0. The zero-order valence-electron chi connectivity index (χ0n) is 10.1. The van der Waals surface area contributed by atoms with E-state index in [4.69, 9.17) is 11.6 Å². The zero-order valence-corrected chi connectivity index (χ0v) is 10.8. The van der Waals surface area contributed by atoms with Crippen molar-refractivity contribution in [2.24, 2.45) is 0 Å². The Labute approximate surface area is 114 Å². The van der Waals surface area contributed by atoms with Gasteiger partial charge in [0.25, 0.3) is 0 Å². The smallest absolute Gasteiger partial charge is 0.329 e. The second-order valence-corrected chi connectivity index (χ2v) is 5.36. The van der Waals surface area contributed by atoms with Crippen LogP contribution in [0.5, 0.6) is 0 Å². The van der Waals surface area contributed by atoms with Crippen LogP contribution in [-0.4, -0.2) is 38.2 Å². The highest BCUT2D eigenvalue weighted by molar-refractivity contribution is 6.28. The third-order valence-corrected chi connectivity index (χ3v) is 4.05. The van der Waals surface area contributed by atoms with Gasteiger partial charge in [-0.3, -0.25) is 10.1 Å². The number of piperidine rings is 1. The summed E-state index contributed by atoms with van der Waals surface area (Å²) in [7, 11) is 0. The summed E-state index contributed by atoms with van der Waals surface area (Å²) >= 11 is 5.76. The molecule has 19 heavy (non-hydrogen) atoms.